The van der Waals surface area contributed by atoms with Gasteiger partial charge < -0.3 is 15.8 Å². The molecule has 20 heavy (non-hydrogen) atoms. The van der Waals surface area contributed by atoms with Gasteiger partial charge in [0, 0.05) is 29.4 Å². The van der Waals surface area contributed by atoms with Crippen molar-refractivity contribution >= 4 is 22.9 Å². The minimum absolute atomic E-state index is 0.197. The number of aryl methyl sites for hydroxylation is 1. The summed E-state index contributed by atoms with van der Waals surface area (Å²) in [6.45, 7) is 2.16. The molecule has 1 aromatic heterocycles. The van der Waals surface area contributed by atoms with Crippen LogP contribution >= 0.6 is 11.3 Å². The summed E-state index contributed by atoms with van der Waals surface area (Å²) in [5.41, 5.74) is 8.40. The minimum Gasteiger partial charge on any atom is -0.383 e. The van der Waals surface area contributed by atoms with Crippen molar-refractivity contribution in [3.63, 3.8) is 0 Å². The van der Waals surface area contributed by atoms with Crippen LogP contribution in [0.2, 0.25) is 0 Å². The van der Waals surface area contributed by atoms with Gasteiger partial charge in [0.25, 0.3) is 0 Å². The second kappa shape index (κ2) is 6.60. The molecule has 0 fully saturated rings. The number of benzene rings is 1. The maximum absolute atomic E-state index is 11.7. The summed E-state index contributed by atoms with van der Waals surface area (Å²) >= 11 is 1.60. The van der Waals surface area contributed by atoms with Crippen LogP contribution in [0.25, 0.3) is 10.6 Å². The molecule has 5 nitrogen and oxygen atoms in total. The second-order valence-corrected chi connectivity index (χ2v) is 5.28. The van der Waals surface area contributed by atoms with Crippen LogP contribution in [0.5, 0.6) is 0 Å². The molecule has 3 N–H and O–H groups in total. The Bertz CT molecular complexity index is 580. The van der Waals surface area contributed by atoms with E-state index >= 15 is 0 Å². The van der Waals surface area contributed by atoms with Crippen molar-refractivity contribution in [1.29, 1.82) is 0 Å². The number of carbonyl (C=O) groups is 1. The van der Waals surface area contributed by atoms with E-state index in [-0.39, 0.29) is 12.5 Å². The molecule has 1 amide bonds. The van der Waals surface area contributed by atoms with Crippen LogP contribution in [0.4, 0.5) is 5.69 Å². The standard InChI is InChI=1S/C14H17N3O2S/c1-9-8-20-14(16-9)10-3-5-11(6-4-10)17-13(18)12(15)7-19-2/h3-6,8,12H,7,15H2,1-2H3,(H,17,18). The second-order valence-electron chi connectivity index (χ2n) is 4.42. The maximum Gasteiger partial charge on any atom is 0.243 e. The van der Waals surface area contributed by atoms with Crippen molar-refractivity contribution < 1.29 is 9.53 Å². The van der Waals surface area contributed by atoms with Crippen molar-refractivity contribution in [2.45, 2.75) is 13.0 Å². The quantitative estimate of drug-likeness (QED) is 0.883. The molecule has 0 spiro atoms. The van der Waals surface area contributed by atoms with Crippen LogP contribution in [0, 0.1) is 6.92 Å². The lowest BCUT2D eigenvalue weighted by Crippen LogP contribution is -2.39. The fraction of sp³-hybridized carbons (Fsp3) is 0.286. The van der Waals surface area contributed by atoms with Crippen LogP contribution in [0.1, 0.15) is 5.69 Å². The Labute approximate surface area is 121 Å². The molecule has 0 aliphatic heterocycles. The first-order valence-corrected chi connectivity index (χ1v) is 7.06. The van der Waals surface area contributed by atoms with Gasteiger partial charge in [0.15, 0.2) is 0 Å². The average Bonchev–Trinajstić information content (AvgIpc) is 2.86. The Morgan fingerprint density at radius 1 is 1.45 bits per heavy atom. The van der Waals surface area contributed by atoms with Crippen molar-refractivity contribution in [3.05, 3.63) is 35.3 Å². The number of hydrogen-bond acceptors (Lipinski definition) is 5. The molecule has 1 unspecified atom stereocenters. The predicted octanol–water partition coefficient (Wildman–Crippen LogP) is 2.03. The number of thiazole rings is 1. The Morgan fingerprint density at radius 3 is 2.70 bits per heavy atom. The summed E-state index contributed by atoms with van der Waals surface area (Å²) in [5.74, 6) is -0.260. The average molecular weight is 291 g/mol. The summed E-state index contributed by atoms with van der Waals surface area (Å²) in [4.78, 5) is 16.2. The molecule has 0 aliphatic carbocycles. The molecule has 0 aliphatic rings. The van der Waals surface area contributed by atoms with Gasteiger partial charge in [0.05, 0.1) is 6.61 Å². The fourth-order valence-electron chi connectivity index (χ4n) is 1.67. The van der Waals surface area contributed by atoms with Gasteiger partial charge >= 0.3 is 0 Å². The van der Waals surface area contributed by atoms with Crippen LogP contribution in [-0.4, -0.2) is 30.6 Å². The van der Waals surface area contributed by atoms with Gasteiger partial charge in [-0.05, 0) is 31.2 Å². The molecular weight excluding hydrogens is 274 g/mol. The van der Waals surface area contributed by atoms with Crippen molar-refractivity contribution in [2.24, 2.45) is 5.73 Å². The Morgan fingerprint density at radius 2 is 2.15 bits per heavy atom. The van der Waals surface area contributed by atoms with E-state index in [9.17, 15) is 4.79 Å². The van der Waals surface area contributed by atoms with Gasteiger partial charge in [-0.2, -0.15) is 0 Å². The Balaban J connectivity index is 2.03. The van der Waals surface area contributed by atoms with Crippen LogP contribution in [-0.2, 0) is 9.53 Å². The number of rotatable bonds is 5. The molecule has 1 heterocycles. The van der Waals surface area contributed by atoms with E-state index in [1.54, 1.807) is 11.3 Å². The van der Waals surface area contributed by atoms with Crippen molar-refractivity contribution in [2.75, 3.05) is 19.0 Å². The molecule has 2 aromatic rings. The topological polar surface area (TPSA) is 77.2 Å². The van der Waals surface area contributed by atoms with Crippen LogP contribution < -0.4 is 11.1 Å². The number of methoxy groups -OCH3 is 1. The van der Waals surface area contributed by atoms with Gasteiger partial charge in [0.2, 0.25) is 5.91 Å². The lowest BCUT2D eigenvalue weighted by Gasteiger charge is -2.11. The highest BCUT2D eigenvalue weighted by Crippen LogP contribution is 2.24. The smallest absolute Gasteiger partial charge is 0.243 e. The Kier molecular flexibility index (Phi) is 4.84. The summed E-state index contributed by atoms with van der Waals surface area (Å²) < 4.78 is 4.85. The normalized spacial score (nSPS) is 12.2. The minimum atomic E-state index is -0.665. The van der Waals surface area contributed by atoms with E-state index in [2.05, 4.69) is 10.3 Å². The molecular formula is C14H17N3O2S. The predicted molar refractivity (Wildman–Crippen MR) is 80.8 cm³/mol. The number of ether oxygens (including phenoxy) is 1. The van der Waals surface area contributed by atoms with E-state index in [1.807, 2.05) is 36.6 Å². The molecule has 2 rings (SSSR count). The monoisotopic (exact) mass is 291 g/mol. The van der Waals surface area contributed by atoms with E-state index in [4.69, 9.17) is 10.5 Å². The maximum atomic E-state index is 11.7. The number of aromatic nitrogens is 1. The van der Waals surface area contributed by atoms with Gasteiger partial charge in [-0.15, -0.1) is 11.3 Å². The largest absolute Gasteiger partial charge is 0.383 e. The molecule has 6 heteroatoms. The first-order chi connectivity index (χ1) is 9.60. The van der Waals surface area contributed by atoms with Crippen molar-refractivity contribution in [3.8, 4) is 10.6 Å². The third-order valence-electron chi connectivity index (χ3n) is 2.70. The van der Waals surface area contributed by atoms with E-state index in [0.717, 1.165) is 16.3 Å². The van der Waals surface area contributed by atoms with E-state index in [0.29, 0.717) is 5.69 Å². The van der Waals surface area contributed by atoms with Gasteiger partial charge in [-0.25, -0.2) is 4.98 Å². The summed E-state index contributed by atoms with van der Waals surface area (Å²) in [6.07, 6.45) is 0. The lowest BCUT2D eigenvalue weighted by molar-refractivity contribution is -0.118. The number of amides is 1. The van der Waals surface area contributed by atoms with Crippen LogP contribution in [0.3, 0.4) is 0 Å². The van der Waals surface area contributed by atoms with E-state index in [1.165, 1.54) is 7.11 Å². The molecule has 1 atom stereocenters. The van der Waals surface area contributed by atoms with Gasteiger partial charge in [-0.1, -0.05) is 0 Å². The first-order valence-electron chi connectivity index (χ1n) is 6.18. The zero-order valence-corrected chi connectivity index (χ0v) is 12.2. The molecule has 1 aromatic carbocycles. The zero-order chi connectivity index (χ0) is 14.5. The third kappa shape index (κ3) is 3.63. The third-order valence-corrected chi connectivity index (χ3v) is 3.71. The number of hydrogen-bond donors (Lipinski definition) is 2. The fourth-order valence-corrected chi connectivity index (χ4v) is 2.48. The molecule has 0 bridgehead atoms. The number of nitrogens with two attached hydrogens (primary N) is 1. The van der Waals surface area contributed by atoms with Gasteiger partial charge in [-0.3, -0.25) is 4.79 Å². The number of anilines is 1. The highest BCUT2D eigenvalue weighted by atomic mass is 32.1. The summed E-state index contributed by atoms with van der Waals surface area (Å²) in [5, 5.41) is 5.73. The lowest BCUT2D eigenvalue weighted by atomic mass is 10.2. The van der Waals surface area contributed by atoms with Gasteiger partial charge in [0.1, 0.15) is 11.0 Å². The number of carbonyl (C=O) groups excluding carboxylic acids is 1. The molecule has 0 saturated carbocycles. The molecule has 0 saturated heterocycles. The zero-order valence-electron chi connectivity index (χ0n) is 11.4. The summed E-state index contributed by atoms with van der Waals surface area (Å²) in [6, 6.07) is 6.86. The summed E-state index contributed by atoms with van der Waals surface area (Å²) in [7, 11) is 1.51. The molecule has 0 radical (unpaired) electrons. The number of nitrogens with zero attached hydrogens (tertiary/aromatic N) is 1. The highest BCUT2D eigenvalue weighted by Gasteiger charge is 2.13. The van der Waals surface area contributed by atoms with Crippen LogP contribution in [0.15, 0.2) is 29.6 Å². The number of nitrogens with one attached hydrogen (secondary N) is 1. The van der Waals surface area contributed by atoms with Crippen molar-refractivity contribution in [1.82, 2.24) is 4.98 Å². The molecule has 106 valence electrons. The SMILES string of the molecule is COCC(N)C(=O)Nc1ccc(-c2nc(C)cs2)cc1. The Hall–Kier alpha value is -1.76. The first kappa shape index (κ1) is 14.6. The van der Waals surface area contributed by atoms with E-state index < -0.39 is 6.04 Å². The highest BCUT2D eigenvalue weighted by molar-refractivity contribution is 7.13.